The van der Waals surface area contributed by atoms with Crippen molar-refractivity contribution in [3.8, 4) is 0 Å². The van der Waals surface area contributed by atoms with Crippen molar-refractivity contribution in [3.05, 3.63) is 41.7 Å². The molecule has 0 aromatic carbocycles. The van der Waals surface area contributed by atoms with Crippen LogP contribution in [0.3, 0.4) is 0 Å². The molecule has 0 fully saturated rings. The first kappa shape index (κ1) is 20.2. The smallest absolute Gasteiger partial charge is 0.230 e. The van der Waals surface area contributed by atoms with Crippen molar-refractivity contribution in [3.63, 3.8) is 0 Å². The van der Waals surface area contributed by atoms with Crippen LogP contribution in [-0.2, 0) is 10.5 Å². The van der Waals surface area contributed by atoms with Crippen molar-refractivity contribution < 1.29 is 4.79 Å². The van der Waals surface area contributed by atoms with E-state index in [2.05, 4.69) is 21.7 Å². The van der Waals surface area contributed by atoms with Gasteiger partial charge in [-0.2, -0.15) is 0 Å². The fourth-order valence-electron chi connectivity index (χ4n) is 1.83. The van der Waals surface area contributed by atoms with Crippen LogP contribution in [-0.4, -0.2) is 36.3 Å². The predicted molar refractivity (Wildman–Crippen MR) is 93.5 cm³/mol. The van der Waals surface area contributed by atoms with E-state index < -0.39 is 0 Å². The zero-order chi connectivity index (χ0) is 13.3. The Balaban J connectivity index is 0.00000200. The van der Waals surface area contributed by atoms with Gasteiger partial charge in [-0.15, -0.1) is 36.6 Å². The molecule has 118 valence electrons. The molecule has 1 aromatic rings. The number of aromatic nitrogens is 1. The van der Waals surface area contributed by atoms with Gasteiger partial charge in [0.15, 0.2) is 0 Å². The number of thioether (sulfide) groups is 1. The normalized spacial score (nSPS) is 13.4. The maximum atomic E-state index is 11.7. The van der Waals surface area contributed by atoms with E-state index in [9.17, 15) is 4.79 Å². The molecule has 0 atom stereocenters. The van der Waals surface area contributed by atoms with Gasteiger partial charge in [0.25, 0.3) is 0 Å². The SMILES string of the molecule is Cl.Cl.O=C(CSCc1ccccn1)NCC1=CCNCC1. The average molecular weight is 350 g/mol. The van der Waals surface area contributed by atoms with E-state index in [0.29, 0.717) is 12.3 Å². The Bertz CT molecular complexity index is 443. The Morgan fingerprint density at radius 2 is 2.24 bits per heavy atom. The zero-order valence-electron chi connectivity index (χ0n) is 11.7. The highest BCUT2D eigenvalue weighted by Crippen LogP contribution is 2.09. The summed E-state index contributed by atoms with van der Waals surface area (Å²) in [5.74, 6) is 1.36. The van der Waals surface area contributed by atoms with E-state index in [1.165, 1.54) is 5.57 Å². The lowest BCUT2D eigenvalue weighted by Gasteiger charge is -2.14. The van der Waals surface area contributed by atoms with Crippen LogP contribution in [0, 0.1) is 0 Å². The van der Waals surface area contributed by atoms with E-state index in [-0.39, 0.29) is 30.7 Å². The molecule has 0 aliphatic carbocycles. The van der Waals surface area contributed by atoms with Gasteiger partial charge >= 0.3 is 0 Å². The van der Waals surface area contributed by atoms with Gasteiger partial charge in [0.2, 0.25) is 5.91 Å². The number of pyridine rings is 1. The minimum Gasteiger partial charge on any atom is -0.352 e. The Hall–Kier alpha value is -0.750. The van der Waals surface area contributed by atoms with Gasteiger partial charge < -0.3 is 10.6 Å². The number of nitrogens with zero attached hydrogens (tertiary/aromatic N) is 1. The standard InChI is InChI=1S/C14H19N3OS.2ClH/c18-14(17-9-12-4-7-15-8-5-12)11-19-10-13-3-1-2-6-16-13;;/h1-4,6,15H,5,7-11H2,(H,17,18);2*1H. The number of carbonyl (C=O) groups excluding carboxylic acids is 1. The maximum absolute atomic E-state index is 11.7. The van der Waals surface area contributed by atoms with Crippen LogP contribution in [0.15, 0.2) is 36.0 Å². The van der Waals surface area contributed by atoms with Crippen molar-refractivity contribution in [2.45, 2.75) is 12.2 Å². The number of hydrogen-bond donors (Lipinski definition) is 2. The summed E-state index contributed by atoms with van der Waals surface area (Å²) < 4.78 is 0. The first-order chi connectivity index (χ1) is 9.34. The molecule has 21 heavy (non-hydrogen) atoms. The quantitative estimate of drug-likeness (QED) is 0.773. The molecule has 0 spiro atoms. The molecule has 7 heteroatoms. The number of amides is 1. The lowest BCUT2D eigenvalue weighted by molar-refractivity contribution is -0.118. The first-order valence-electron chi connectivity index (χ1n) is 6.47. The molecular formula is C14H21Cl2N3OS. The number of halogens is 2. The monoisotopic (exact) mass is 349 g/mol. The van der Waals surface area contributed by atoms with Crippen LogP contribution in [0.25, 0.3) is 0 Å². The van der Waals surface area contributed by atoms with Crippen molar-refractivity contribution in [1.29, 1.82) is 0 Å². The topological polar surface area (TPSA) is 54.0 Å². The van der Waals surface area contributed by atoms with Gasteiger partial charge in [0, 0.05) is 25.0 Å². The molecule has 1 aliphatic heterocycles. The minimum atomic E-state index is 0. The summed E-state index contributed by atoms with van der Waals surface area (Å²) in [4.78, 5) is 15.9. The third kappa shape index (κ3) is 8.31. The third-order valence-electron chi connectivity index (χ3n) is 2.88. The Labute approximate surface area is 142 Å². The third-order valence-corrected chi connectivity index (χ3v) is 3.85. The van der Waals surface area contributed by atoms with E-state index >= 15 is 0 Å². The predicted octanol–water partition coefficient (Wildman–Crippen LogP) is 2.19. The summed E-state index contributed by atoms with van der Waals surface area (Å²) in [5.41, 5.74) is 2.34. The van der Waals surface area contributed by atoms with Gasteiger partial charge in [0.05, 0.1) is 11.4 Å². The van der Waals surface area contributed by atoms with E-state index in [1.54, 1.807) is 18.0 Å². The highest BCUT2D eigenvalue weighted by molar-refractivity contribution is 7.99. The fraction of sp³-hybridized carbons (Fsp3) is 0.429. The number of rotatable bonds is 6. The van der Waals surface area contributed by atoms with Crippen molar-refractivity contribution in [2.24, 2.45) is 0 Å². The molecule has 4 nitrogen and oxygen atoms in total. The molecular weight excluding hydrogens is 329 g/mol. The second-order valence-corrected chi connectivity index (χ2v) is 5.39. The number of carbonyl (C=O) groups is 1. The van der Waals surface area contributed by atoms with Crippen molar-refractivity contribution in [2.75, 3.05) is 25.4 Å². The molecule has 2 rings (SSSR count). The van der Waals surface area contributed by atoms with Crippen LogP contribution in [0.1, 0.15) is 12.1 Å². The fourth-order valence-corrected chi connectivity index (χ4v) is 2.59. The summed E-state index contributed by atoms with van der Waals surface area (Å²) in [7, 11) is 0. The average Bonchev–Trinajstić information content (AvgIpc) is 2.47. The summed E-state index contributed by atoms with van der Waals surface area (Å²) in [5, 5.41) is 6.22. The summed E-state index contributed by atoms with van der Waals surface area (Å²) in [6, 6.07) is 5.84. The lowest BCUT2D eigenvalue weighted by Crippen LogP contribution is -2.30. The molecule has 2 heterocycles. The molecule has 0 radical (unpaired) electrons. The largest absolute Gasteiger partial charge is 0.352 e. The molecule has 0 unspecified atom stereocenters. The van der Waals surface area contributed by atoms with Crippen molar-refractivity contribution >= 4 is 42.5 Å². The number of hydrogen-bond acceptors (Lipinski definition) is 4. The summed E-state index contributed by atoms with van der Waals surface area (Å²) in [6.45, 7) is 2.61. The molecule has 2 N–H and O–H groups in total. The first-order valence-corrected chi connectivity index (χ1v) is 7.63. The van der Waals surface area contributed by atoms with Gasteiger partial charge in [-0.25, -0.2) is 0 Å². The number of nitrogens with one attached hydrogen (secondary N) is 2. The van der Waals surface area contributed by atoms with E-state index in [1.807, 2.05) is 18.2 Å². The molecule has 1 aliphatic rings. The Kier molecular flexibility index (Phi) is 11.4. The molecule has 0 saturated carbocycles. The molecule has 0 saturated heterocycles. The lowest BCUT2D eigenvalue weighted by atomic mass is 10.1. The van der Waals surface area contributed by atoms with Crippen LogP contribution < -0.4 is 10.6 Å². The van der Waals surface area contributed by atoms with Crippen LogP contribution >= 0.6 is 36.6 Å². The summed E-state index contributed by atoms with van der Waals surface area (Å²) in [6.07, 6.45) is 4.96. The molecule has 1 aromatic heterocycles. The highest BCUT2D eigenvalue weighted by Gasteiger charge is 2.06. The Morgan fingerprint density at radius 1 is 1.38 bits per heavy atom. The van der Waals surface area contributed by atoms with E-state index in [4.69, 9.17) is 0 Å². The molecule has 1 amide bonds. The van der Waals surface area contributed by atoms with Gasteiger partial charge in [-0.3, -0.25) is 9.78 Å². The van der Waals surface area contributed by atoms with Crippen LogP contribution in [0.5, 0.6) is 0 Å². The highest BCUT2D eigenvalue weighted by atomic mass is 35.5. The van der Waals surface area contributed by atoms with E-state index in [0.717, 1.165) is 31.0 Å². The minimum absolute atomic E-state index is 0. The zero-order valence-corrected chi connectivity index (χ0v) is 14.2. The Morgan fingerprint density at radius 3 is 2.90 bits per heavy atom. The van der Waals surface area contributed by atoms with Crippen LogP contribution in [0.2, 0.25) is 0 Å². The van der Waals surface area contributed by atoms with Gasteiger partial charge in [0.1, 0.15) is 0 Å². The second-order valence-electron chi connectivity index (χ2n) is 4.41. The molecule has 0 bridgehead atoms. The summed E-state index contributed by atoms with van der Waals surface area (Å²) >= 11 is 1.59. The second kappa shape index (κ2) is 11.9. The van der Waals surface area contributed by atoms with Crippen LogP contribution in [0.4, 0.5) is 0 Å². The maximum Gasteiger partial charge on any atom is 0.230 e. The van der Waals surface area contributed by atoms with Gasteiger partial charge in [-0.1, -0.05) is 17.7 Å². The van der Waals surface area contributed by atoms with Crippen molar-refractivity contribution in [1.82, 2.24) is 15.6 Å². The van der Waals surface area contributed by atoms with Gasteiger partial charge in [-0.05, 0) is 25.1 Å².